The van der Waals surface area contributed by atoms with Crippen molar-refractivity contribution in [3.8, 4) is 11.5 Å². The summed E-state index contributed by atoms with van der Waals surface area (Å²) in [5, 5.41) is 20.5. The van der Waals surface area contributed by atoms with E-state index in [2.05, 4.69) is 12.0 Å². The lowest BCUT2D eigenvalue weighted by molar-refractivity contribution is 0.445. The van der Waals surface area contributed by atoms with Crippen molar-refractivity contribution in [2.75, 3.05) is 23.9 Å². The summed E-state index contributed by atoms with van der Waals surface area (Å²) in [6.07, 6.45) is 0.615. The summed E-state index contributed by atoms with van der Waals surface area (Å²) >= 11 is 5.34. The fourth-order valence-corrected chi connectivity index (χ4v) is 2.83. The molecule has 0 aromatic heterocycles. The Morgan fingerprint density at radius 1 is 1.12 bits per heavy atom. The van der Waals surface area contributed by atoms with Crippen molar-refractivity contribution in [1.29, 1.82) is 0 Å². The molecule has 0 saturated heterocycles. The first-order valence-corrected chi connectivity index (χ1v) is 8.53. The molecule has 2 rings (SSSR count). The van der Waals surface area contributed by atoms with Gasteiger partial charge in [-0.1, -0.05) is 13.5 Å². The summed E-state index contributed by atoms with van der Waals surface area (Å²) < 4.78 is 0. The maximum atomic E-state index is 10.3. The number of nitrogens with one attached hydrogen (secondary N) is 1. The number of aromatic hydroxyl groups is 2. The number of rotatable bonds is 5. The van der Waals surface area contributed by atoms with Gasteiger partial charge in [0.25, 0.3) is 0 Å². The Morgan fingerprint density at radius 2 is 1.69 bits per heavy atom. The molecular weight excluding hydrogens is 348 g/mol. The Balaban J connectivity index is 2.50. The van der Waals surface area contributed by atoms with Gasteiger partial charge in [0, 0.05) is 37.1 Å². The van der Waals surface area contributed by atoms with Crippen LogP contribution in [0.1, 0.15) is 18.1 Å². The quantitative estimate of drug-likeness (QED) is 0.365. The molecule has 0 amide bonds. The van der Waals surface area contributed by atoms with E-state index in [0.29, 0.717) is 23.2 Å². The van der Waals surface area contributed by atoms with Crippen LogP contribution < -0.4 is 21.1 Å². The van der Waals surface area contributed by atoms with Crippen LogP contribution >= 0.6 is 12.2 Å². The number of benzene rings is 2. The first kappa shape index (κ1) is 19.6. The number of phenolic OH excluding ortho intramolecular Hbond substituents is 2. The minimum Gasteiger partial charge on any atom is -0.508 e. The fourth-order valence-electron chi connectivity index (χ4n) is 2.62. The van der Waals surface area contributed by atoms with Gasteiger partial charge in [0.05, 0.1) is 5.70 Å². The zero-order valence-corrected chi connectivity index (χ0v) is 16.0. The number of hydrazine groups is 1. The van der Waals surface area contributed by atoms with E-state index in [1.165, 1.54) is 6.07 Å². The maximum absolute atomic E-state index is 10.3. The summed E-state index contributed by atoms with van der Waals surface area (Å²) in [6, 6.07) is 10.7. The van der Waals surface area contributed by atoms with Gasteiger partial charge >= 0.3 is 0 Å². The highest BCUT2D eigenvalue weighted by atomic mass is 32.1. The summed E-state index contributed by atoms with van der Waals surface area (Å²) in [5.74, 6) is 5.50. The lowest BCUT2D eigenvalue weighted by atomic mass is 10.0. The number of hydrogen-bond donors (Lipinski definition) is 4. The van der Waals surface area contributed by atoms with Gasteiger partial charge in [-0.05, 0) is 54.5 Å². The maximum Gasteiger partial charge on any atom is 0.192 e. The molecule has 0 bridgehead atoms. The van der Waals surface area contributed by atoms with E-state index in [0.717, 1.165) is 11.4 Å². The van der Waals surface area contributed by atoms with E-state index in [-0.39, 0.29) is 16.6 Å². The third-order valence-electron chi connectivity index (χ3n) is 4.11. The zero-order valence-electron chi connectivity index (χ0n) is 15.2. The second-order valence-electron chi connectivity index (χ2n) is 5.99. The van der Waals surface area contributed by atoms with Gasteiger partial charge in [0.15, 0.2) is 5.11 Å². The molecule has 2 aromatic carbocycles. The van der Waals surface area contributed by atoms with Crippen LogP contribution in [0.2, 0.25) is 0 Å². The standard InChI is InChI=1S/C19H24N4O2S/c1-5-13-10-16(18(25)11-17(13)24)12(2)23(19(26)21-20)15-8-6-14(7-9-15)22(3)4/h6-11,24-25H,2,5,20H2,1,3-4H3,(H,21,26). The Hall–Kier alpha value is -2.77. The van der Waals surface area contributed by atoms with Gasteiger partial charge in [-0.3, -0.25) is 4.90 Å². The predicted molar refractivity (Wildman–Crippen MR) is 111 cm³/mol. The van der Waals surface area contributed by atoms with Crippen molar-refractivity contribution < 1.29 is 10.2 Å². The van der Waals surface area contributed by atoms with Crippen LogP contribution in [0.5, 0.6) is 11.5 Å². The van der Waals surface area contributed by atoms with Crippen molar-refractivity contribution >= 4 is 34.4 Å². The van der Waals surface area contributed by atoms with Gasteiger partial charge in [0.1, 0.15) is 11.5 Å². The average molecular weight is 372 g/mol. The van der Waals surface area contributed by atoms with Gasteiger partial charge in [-0.2, -0.15) is 0 Å². The van der Waals surface area contributed by atoms with Crippen molar-refractivity contribution in [2.24, 2.45) is 5.84 Å². The molecule has 0 spiro atoms. The Kier molecular flexibility index (Phi) is 6.07. The Bertz CT molecular complexity index is 819. The summed E-state index contributed by atoms with van der Waals surface area (Å²) in [6.45, 7) is 6.00. The second-order valence-corrected chi connectivity index (χ2v) is 6.38. The number of aryl methyl sites for hydroxylation is 1. The van der Waals surface area contributed by atoms with Crippen molar-refractivity contribution in [3.05, 3.63) is 54.1 Å². The minimum atomic E-state index is -0.0839. The molecular formula is C19H24N4O2S. The molecule has 0 atom stereocenters. The number of thiocarbonyl (C=S) groups is 1. The molecule has 0 fully saturated rings. The van der Waals surface area contributed by atoms with Crippen LogP contribution in [0.25, 0.3) is 5.70 Å². The van der Waals surface area contributed by atoms with E-state index >= 15 is 0 Å². The highest BCUT2D eigenvalue weighted by molar-refractivity contribution is 7.80. The van der Waals surface area contributed by atoms with Crippen molar-refractivity contribution in [3.63, 3.8) is 0 Å². The largest absolute Gasteiger partial charge is 0.508 e. The molecule has 2 aromatic rings. The first-order valence-electron chi connectivity index (χ1n) is 8.12. The van der Waals surface area contributed by atoms with E-state index in [9.17, 15) is 10.2 Å². The Labute approximate surface area is 159 Å². The lowest BCUT2D eigenvalue weighted by Crippen LogP contribution is -2.42. The van der Waals surface area contributed by atoms with Crippen LogP contribution in [0.3, 0.4) is 0 Å². The molecule has 0 aliphatic carbocycles. The van der Waals surface area contributed by atoms with Crippen LogP contribution in [0, 0.1) is 0 Å². The van der Waals surface area contributed by atoms with Gasteiger partial charge in [-0.25, -0.2) is 5.84 Å². The van der Waals surface area contributed by atoms with Crippen LogP contribution in [-0.4, -0.2) is 29.4 Å². The van der Waals surface area contributed by atoms with Crippen molar-refractivity contribution in [2.45, 2.75) is 13.3 Å². The molecule has 0 aliphatic heterocycles. The Morgan fingerprint density at radius 3 is 2.19 bits per heavy atom. The monoisotopic (exact) mass is 372 g/mol. The van der Waals surface area contributed by atoms with E-state index < -0.39 is 0 Å². The van der Waals surface area contributed by atoms with Crippen LogP contribution in [0.15, 0.2) is 43.0 Å². The molecule has 0 saturated carbocycles. The highest BCUT2D eigenvalue weighted by Crippen LogP contribution is 2.35. The first-order chi connectivity index (χ1) is 12.3. The summed E-state index contributed by atoms with van der Waals surface area (Å²) in [5.41, 5.74) is 5.86. The predicted octanol–water partition coefficient (Wildman–Crippen LogP) is 2.95. The SMILES string of the molecule is C=C(c1cc(CC)c(O)cc1O)N(C(=S)NN)c1ccc(N(C)C)cc1. The number of phenols is 2. The molecule has 138 valence electrons. The van der Waals surface area contributed by atoms with Gasteiger partial charge < -0.3 is 20.5 Å². The summed E-state index contributed by atoms with van der Waals surface area (Å²) in [4.78, 5) is 3.63. The minimum absolute atomic E-state index is 0.0444. The molecule has 0 unspecified atom stereocenters. The molecule has 6 nitrogen and oxygen atoms in total. The average Bonchev–Trinajstić information content (AvgIpc) is 2.62. The van der Waals surface area contributed by atoms with Crippen molar-refractivity contribution in [1.82, 2.24) is 5.43 Å². The smallest absolute Gasteiger partial charge is 0.192 e. The third kappa shape index (κ3) is 3.89. The highest BCUT2D eigenvalue weighted by Gasteiger charge is 2.20. The molecule has 0 aliphatic rings. The third-order valence-corrected chi connectivity index (χ3v) is 4.41. The number of hydrogen-bond acceptors (Lipinski definition) is 5. The van der Waals surface area contributed by atoms with E-state index in [1.54, 1.807) is 11.0 Å². The molecule has 0 radical (unpaired) electrons. The van der Waals surface area contributed by atoms with Gasteiger partial charge in [0.2, 0.25) is 0 Å². The zero-order chi connectivity index (χ0) is 19.4. The van der Waals surface area contributed by atoms with Gasteiger partial charge in [-0.15, -0.1) is 0 Å². The van der Waals surface area contributed by atoms with E-state index in [4.69, 9.17) is 18.1 Å². The second kappa shape index (κ2) is 8.07. The topological polar surface area (TPSA) is 85.0 Å². The number of nitrogens with two attached hydrogens (primary N) is 1. The van der Waals surface area contributed by atoms with Crippen LogP contribution in [0.4, 0.5) is 11.4 Å². The van der Waals surface area contributed by atoms with Crippen LogP contribution in [-0.2, 0) is 6.42 Å². The number of nitrogens with zero attached hydrogens (tertiary/aromatic N) is 2. The fraction of sp³-hybridized carbons (Fsp3) is 0.211. The molecule has 0 heterocycles. The molecule has 26 heavy (non-hydrogen) atoms. The van der Waals surface area contributed by atoms with E-state index in [1.807, 2.05) is 50.2 Å². The number of anilines is 2. The lowest BCUT2D eigenvalue weighted by Gasteiger charge is -2.28. The normalized spacial score (nSPS) is 10.3. The molecule has 7 heteroatoms. The summed E-state index contributed by atoms with van der Waals surface area (Å²) in [7, 11) is 3.91. The molecule has 5 N–H and O–H groups in total.